The summed E-state index contributed by atoms with van der Waals surface area (Å²) in [6, 6.07) is 0. The molecule has 2 rings (SSSR count). The molecule has 0 atom stereocenters. The van der Waals surface area contributed by atoms with Crippen molar-refractivity contribution in [2.24, 2.45) is 10.4 Å². The minimum absolute atomic E-state index is 0. The first kappa shape index (κ1) is 23.6. The number of ether oxygens (including phenoxy) is 1. The summed E-state index contributed by atoms with van der Waals surface area (Å²) >= 11 is 1.74. The fourth-order valence-electron chi connectivity index (χ4n) is 3.44. The largest absolute Gasteiger partial charge is 0.382 e. The van der Waals surface area contributed by atoms with Crippen molar-refractivity contribution >= 4 is 41.3 Å². The van der Waals surface area contributed by atoms with Gasteiger partial charge in [0.1, 0.15) is 5.01 Å². The molecule has 0 saturated heterocycles. The first-order valence-electron chi connectivity index (χ1n) is 9.61. The predicted molar refractivity (Wildman–Crippen MR) is 122 cm³/mol. The predicted octanol–water partition coefficient (Wildman–Crippen LogP) is 4.42. The highest BCUT2D eigenvalue weighted by molar-refractivity contribution is 14.0. The van der Waals surface area contributed by atoms with Gasteiger partial charge >= 0.3 is 0 Å². The maximum Gasteiger partial charge on any atom is 0.191 e. The lowest BCUT2D eigenvalue weighted by Crippen LogP contribution is -2.43. The van der Waals surface area contributed by atoms with E-state index in [4.69, 9.17) is 9.73 Å². The van der Waals surface area contributed by atoms with E-state index in [1.165, 1.54) is 30.6 Å². The normalized spacial score (nSPS) is 16.4. The van der Waals surface area contributed by atoms with Gasteiger partial charge in [0.05, 0.1) is 12.2 Å². The number of aromatic nitrogens is 1. The monoisotopic (exact) mass is 494 g/mol. The van der Waals surface area contributed by atoms with Crippen LogP contribution < -0.4 is 10.6 Å². The summed E-state index contributed by atoms with van der Waals surface area (Å²) in [6.45, 7) is 12.5. The van der Waals surface area contributed by atoms with Gasteiger partial charge in [-0.3, -0.25) is 0 Å². The highest BCUT2D eigenvalue weighted by Gasteiger charge is 2.33. The molecule has 1 heterocycles. The Kier molecular flexibility index (Phi) is 11.0. The van der Waals surface area contributed by atoms with Crippen LogP contribution in [-0.2, 0) is 11.3 Å². The average Bonchev–Trinajstić information content (AvgIpc) is 3.18. The average molecular weight is 494 g/mol. The van der Waals surface area contributed by atoms with Crippen molar-refractivity contribution in [3.05, 3.63) is 15.6 Å². The Morgan fingerprint density at radius 2 is 1.96 bits per heavy atom. The molecule has 1 aliphatic rings. The van der Waals surface area contributed by atoms with E-state index in [1.807, 2.05) is 0 Å². The van der Waals surface area contributed by atoms with Crippen LogP contribution in [0, 0.1) is 19.3 Å². The van der Waals surface area contributed by atoms with E-state index in [0.29, 0.717) is 12.0 Å². The molecule has 5 nitrogen and oxygen atoms in total. The summed E-state index contributed by atoms with van der Waals surface area (Å²) in [4.78, 5) is 10.6. The van der Waals surface area contributed by atoms with Crippen LogP contribution in [0.25, 0.3) is 0 Å². The molecule has 150 valence electrons. The second kappa shape index (κ2) is 12.1. The number of rotatable bonds is 9. The quantitative estimate of drug-likeness (QED) is 0.231. The number of aryl methyl sites for hydroxylation is 2. The van der Waals surface area contributed by atoms with Crippen molar-refractivity contribution < 1.29 is 4.74 Å². The van der Waals surface area contributed by atoms with Crippen LogP contribution >= 0.6 is 35.3 Å². The van der Waals surface area contributed by atoms with Gasteiger partial charge in [-0.25, -0.2) is 9.98 Å². The second-order valence-corrected chi connectivity index (χ2v) is 8.24. The highest BCUT2D eigenvalue weighted by atomic mass is 127. The minimum atomic E-state index is 0. The highest BCUT2D eigenvalue weighted by Crippen LogP contribution is 2.40. The lowest BCUT2D eigenvalue weighted by molar-refractivity contribution is 0.105. The molecule has 0 bridgehead atoms. The molecule has 2 N–H and O–H groups in total. The zero-order valence-corrected chi connectivity index (χ0v) is 19.8. The van der Waals surface area contributed by atoms with Gasteiger partial charge in [0.2, 0.25) is 0 Å². The van der Waals surface area contributed by atoms with Crippen molar-refractivity contribution in [2.45, 2.75) is 66.3 Å². The van der Waals surface area contributed by atoms with Crippen molar-refractivity contribution in [3.8, 4) is 0 Å². The first-order chi connectivity index (χ1) is 12.1. The molecule has 1 aromatic heterocycles. The molecule has 1 aliphatic carbocycles. The standard InChI is InChI=1S/C19H34N4OS.HI/c1-5-20-18(21-13-17-23-15(3)16(4)25-17)22-14-19(9-7-8-10-19)11-12-24-6-2;/h5-14H2,1-4H3,(H2,20,21,22);1H. The van der Waals surface area contributed by atoms with Crippen LogP contribution in [0.15, 0.2) is 4.99 Å². The Morgan fingerprint density at radius 3 is 2.54 bits per heavy atom. The molecule has 26 heavy (non-hydrogen) atoms. The van der Waals surface area contributed by atoms with Crippen LogP contribution in [-0.4, -0.2) is 37.2 Å². The molecule has 7 heteroatoms. The molecule has 0 aliphatic heterocycles. The van der Waals surface area contributed by atoms with Gasteiger partial charge in [-0.1, -0.05) is 12.8 Å². The Morgan fingerprint density at radius 1 is 1.23 bits per heavy atom. The lowest BCUT2D eigenvalue weighted by Gasteiger charge is -2.30. The van der Waals surface area contributed by atoms with Gasteiger partial charge in [0.15, 0.2) is 5.96 Å². The van der Waals surface area contributed by atoms with E-state index in [9.17, 15) is 0 Å². The number of aliphatic imine (C=N–C) groups is 1. The molecule has 0 aromatic carbocycles. The Bertz CT molecular complexity index is 536. The number of nitrogens with zero attached hydrogens (tertiary/aromatic N) is 2. The molecular weight excluding hydrogens is 459 g/mol. The first-order valence-corrected chi connectivity index (χ1v) is 10.4. The van der Waals surface area contributed by atoms with Gasteiger partial charge < -0.3 is 15.4 Å². The van der Waals surface area contributed by atoms with Crippen molar-refractivity contribution in [1.29, 1.82) is 0 Å². The van der Waals surface area contributed by atoms with Crippen LogP contribution in [0.3, 0.4) is 0 Å². The fourth-order valence-corrected chi connectivity index (χ4v) is 4.30. The van der Waals surface area contributed by atoms with Crippen molar-refractivity contribution in [3.63, 3.8) is 0 Å². The second-order valence-electron chi connectivity index (χ2n) is 6.95. The van der Waals surface area contributed by atoms with Crippen LogP contribution in [0.2, 0.25) is 0 Å². The lowest BCUT2D eigenvalue weighted by atomic mass is 9.83. The molecular formula is C19H35IN4OS. The van der Waals surface area contributed by atoms with Gasteiger partial charge in [0, 0.05) is 31.2 Å². The smallest absolute Gasteiger partial charge is 0.191 e. The third kappa shape index (κ3) is 7.31. The van der Waals surface area contributed by atoms with Gasteiger partial charge in [-0.15, -0.1) is 35.3 Å². The maximum absolute atomic E-state index is 5.61. The summed E-state index contributed by atoms with van der Waals surface area (Å²) < 4.78 is 5.61. The summed E-state index contributed by atoms with van der Waals surface area (Å²) in [7, 11) is 0. The van der Waals surface area contributed by atoms with Crippen LogP contribution in [0.5, 0.6) is 0 Å². The van der Waals surface area contributed by atoms with E-state index in [1.54, 1.807) is 11.3 Å². The van der Waals surface area contributed by atoms with E-state index in [0.717, 1.165) is 49.4 Å². The van der Waals surface area contributed by atoms with Gasteiger partial charge in [-0.2, -0.15) is 0 Å². The number of guanidine groups is 1. The third-order valence-electron chi connectivity index (χ3n) is 5.07. The summed E-state index contributed by atoms with van der Waals surface area (Å²) in [5.41, 5.74) is 1.48. The summed E-state index contributed by atoms with van der Waals surface area (Å²) in [6.07, 6.45) is 6.38. The molecule has 0 unspecified atom stereocenters. The van der Waals surface area contributed by atoms with Crippen molar-refractivity contribution in [1.82, 2.24) is 15.6 Å². The zero-order valence-electron chi connectivity index (χ0n) is 16.7. The number of hydrogen-bond acceptors (Lipinski definition) is 4. The van der Waals surface area contributed by atoms with E-state index in [-0.39, 0.29) is 24.0 Å². The van der Waals surface area contributed by atoms with E-state index in [2.05, 4.69) is 43.3 Å². The molecule has 1 fully saturated rings. The topological polar surface area (TPSA) is 58.5 Å². The SMILES string of the molecule is CCNC(=NCc1nc(C)c(C)s1)NCC1(CCOCC)CCCC1.I. The summed E-state index contributed by atoms with van der Waals surface area (Å²) in [5.74, 6) is 0.899. The van der Waals surface area contributed by atoms with Gasteiger partial charge in [0.25, 0.3) is 0 Å². The number of nitrogens with one attached hydrogen (secondary N) is 2. The number of hydrogen-bond donors (Lipinski definition) is 2. The maximum atomic E-state index is 5.61. The minimum Gasteiger partial charge on any atom is -0.382 e. The number of thiazole rings is 1. The summed E-state index contributed by atoms with van der Waals surface area (Å²) in [5, 5.41) is 8.03. The molecule has 0 amide bonds. The molecule has 0 spiro atoms. The van der Waals surface area contributed by atoms with Crippen LogP contribution in [0.4, 0.5) is 0 Å². The zero-order chi connectivity index (χ0) is 18.1. The fraction of sp³-hybridized carbons (Fsp3) is 0.789. The van der Waals surface area contributed by atoms with Crippen LogP contribution in [0.1, 0.15) is 61.5 Å². The Balaban J connectivity index is 0.00000338. The Labute approximate surface area is 179 Å². The number of halogens is 1. The van der Waals surface area contributed by atoms with Gasteiger partial charge in [-0.05, 0) is 52.4 Å². The Hall–Kier alpha value is -0.410. The molecule has 0 radical (unpaired) electrons. The van der Waals surface area contributed by atoms with E-state index < -0.39 is 0 Å². The third-order valence-corrected chi connectivity index (χ3v) is 6.12. The van der Waals surface area contributed by atoms with Crippen molar-refractivity contribution in [2.75, 3.05) is 26.3 Å². The molecule has 1 aromatic rings. The molecule has 1 saturated carbocycles. The van der Waals surface area contributed by atoms with E-state index >= 15 is 0 Å².